The van der Waals surface area contributed by atoms with E-state index in [4.69, 9.17) is 21.1 Å². The first kappa shape index (κ1) is 18.5. The summed E-state index contributed by atoms with van der Waals surface area (Å²) in [5.41, 5.74) is 0. The van der Waals surface area contributed by atoms with Crippen LogP contribution in [0.5, 0.6) is 5.75 Å². The minimum Gasteiger partial charge on any atom is -0.490 e. The van der Waals surface area contributed by atoms with Crippen molar-refractivity contribution in [3.8, 4) is 5.75 Å². The molecular formula is C19H27ClN2O3. The molecule has 2 fully saturated rings. The minimum atomic E-state index is 0.144. The van der Waals surface area contributed by atoms with Gasteiger partial charge in [0.05, 0.1) is 12.5 Å². The van der Waals surface area contributed by atoms with Crippen molar-refractivity contribution < 1.29 is 14.3 Å². The van der Waals surface area contributed by atoms with E-state index in [9.17, 15) is 4.79 Å². The van der Waals surface area contributed by atoms with Crippen molar-refractivity contribution in [2.75, 3.05) is 46.4 Å². The zero-order chi connectivity index (χ0) is 17.6. The number of nitrogens with zero attached hydrogens (tertiary/aromatic N) is 2. The number of hydrogen-bond donors (Lipinski definition) is 0. The van der Waals surface area contributed by atoms with E-state index >= 15 is 0 Å². The quantitative estimate of drug-likeness (QED) is 0.776. The SMILES string of the molecule is COCCN1CCC(C(=O)N2CCC(Oc3ccc(Cl)cc3)CC2)C1. The standard InChI is InChI=1S/C19H27ClN2O3/c1-24-13-12-21-9-6-15(14-21)19(23)22-10-7-18(8-11-22)25-17-4-2-16(20)3-5-17/h2-5,15,18H,6-14H2,1H3. The zero-order valence-corrected chi connectivity index (χ0v) is 15.6. The van der Waals surface area contributed by atoms with Crippen molar-refractivity contribution in [1.82, 2.24) is 9.80 Å². The fraction of sp³-hybridized carbons (Fsp3) is 0.632. The molecule has 25 heavy (non-hydrogen) atoms. The van der Waals surface area contributed by atoms with Gasteiger partial charge in [0, 0.05) is 51.2 Å². The molecule has 1 aromatic rings. The number of hydrogen-bond acceptors (Lipinski definition) is 4. The molecule has 2 heterocycles. The average molecular weight is 367 g/mol. The van der Waals surface area contributed by atoms with Gasteiger partial charge in [0.15, 0.2) is 0 Å². The van der Waals surface area contributed by atoms with Crippen LogP contribution in [0.2, 0.25) is 5.02 Å². The highest BCUT2D eigenvalue weighted by Gasteiger charge is 2.33. The maximum Gasteiger partial charge on any atom is 0.227 e. The second kappa shape index (κ2) is 8.88. The van der Waals surface area contributed by atoms with Gasteiger partial charge in [-0.05, 0) is 37.2 Å². The van der Waals surface area contributed by atoms with Crippen LogP contribution in [-0.2, 0) is 9.53 Å². The topological polar surface area (TPSA) is 42.0 Å². The third-order valence-electron chi connectivity index (χ3n) is 5.10. The molecule has 0 spiro atoms. The predicted molar refractivity (Wildman–Crippen MR) is 98.1 cm³/mol. The summed E-state index contributed by atoms with van der Waals surface area (Å²) < 4.78 is 11.1. The van der Waals surface area contributed by atoms with Crippen LogP contribution < -0.4 is 4.74 Å². The van der Waals surface area contributed by atoms with E-state index in [-0.39, 0.29) is 12.0 Å². The molecule has 3 rings (SSSR count). The highest BCUT2D eigenvalue weighted by molar-refractivity contribution is 6.30. The Balaban J connectivity index is 1.42. The Morgan fingerprint density at radius 1 is 1.16 bits per heavy atom. The lowest BCUT2D eigenvalue weighted by atomic mass is 10.0. The average Bonchev–Trinajstić information content (AvgIpc) is 3.11. The molecule has 0 bridgehead atoms. The molecule has 1 unspecified atom stereocenters. The number of amides is 1. The van der Waals surface area contributed by atoms with Gasteiger partial charge < -0.3 is 19.3 Å². The van der Waals surface area contributed by atoms with E-state index in [1.807, 2.05) is 29.2 Å². The monoisotopic (exact) mass is 366 g/mol. The Bertz CT molecular complexity index is 558. The Morgan fingerprint density at radius 2 is 1.88 bits per heavy atom. The molecule has 1 aromatic carbocycles. The van der Waals surface area contributed by atoms with Crippen molar-refractivity contribution in [2.45, 2.75) is 25.4 Å². The lowest BCUT2D eigenvalue weighted by molar-refractivity contribution is -0.137. The number of ether oxygens (including phenoxy) is 2. The molecular weight excluding hydrogens is 340 g/mol. The van der Waals surface area contributed by atoms with Crippen LogP contribution in [0.3, 0.4) is 0 Å². The van der Waals surface area contributed by atoms with Crippen molar-refractivity contribution in [2.24, 2.45) is 5.92 Å². The molecule has 0 radical (unpaired) electrons. The van der Waals surface area contributed by atoms with Gasteiger partial charge in [-0.1, -0.05) is 11.6 Å². The van der Waals surface area contributed by atoms with Gasteiger partial charge in [-0.15, -0.1) is 0 Å². The van der Waals surface area contributed by atoms with Crippen LogP contribution in [0.15, 0.2) is 24.3 Å². The molecule has 2 aliphatic rings. The van der Waals surface area contributed by atoms with Gasteiger partial charge >= 0.3 is 0 Å². The molecule has 2 saturated heterocycles. The minimum absolute atomic E-state index is 0.144. The van der Waals surface area contributed by atoms with Crippen LogP contribution in [0, 0.1) is 5.92 Å². The van der Waals surface area contributed by atoms with E-state index in [1.54, 1.807) is 7.11 Å². The lowest BCUT2D eigenvalue weighted by Gasteiger charge is -2.33. The number of piperidine rings is 1. The van der Waals surface area contributed by atoms with E-state index in [2.05, 4.69) is 4.90 Å². The molecule has 1 amide bonds. The second-order valence-corrected chi connectivity index (χ2v) is 7.31. The Hall–Kier alpha value is -1.30. The van der Waals surface area contributed by atoms with Gasteiger partial charge in [0.2, 0.25) is 5.91 Å². The first-order valence-corrected chi connectivity index (χ1v) is 9.46. The number of carbonyl (C=O) groups excluding carboxylic acids is 1. The summed E-state index contributed by atoms with van der Waals surface area (Å²) in [5.74, 6) is 1.30. The summed E-state index contributed by atoms with van der Waals surface area (Å²) in [4.78, 5) is 17.1. The van der Waals surface area contributed by atoms with E-state index < -0.39 is 0 Å². The van der Waals surface area contributed by atoms with Gasteiger partial charge in [0.25, 0.3) is 0 Å². The number of carbonyl (C=O) groups is 1. The summed E-state index contributed by atoms with van der Waals surface area (Å²) in [5, 5.41) is 0.712. The number of rotatable bonds is 6. The lowest BCUT2D eigenvalue weighted by Crippen LogP contribution is -2.45. The van der Waals surface area contributed by atoms with Crippen molar-refractivity contribution in [3.63, 3.8) is 0 Å². The molecule has 0 aliphatic carbocycles. The first-order chi connectivity index (χ1) is 12.2. The number of likely N-dealkylation sites (tertiary alicyclic amines) is 2. The number of benzene rings is 1. The van der Waals surface area contributed by atoms with Crippen LogP contribution >= 0.6 is 11.6 Å². The molecule has 138 valence electrons. The third-order valence-corrected chi connectivity index (χ3v) is 5.36. The van der Waals surface area contributed by atoms with Crippen LogP contribution in [-0.4, -0.2) is 68.3 Å². The smallest absolute Gasteiger partial charge is 0.227 e. The van der Waals surface area contributed by atoms with Crippen molar-refractivity contribution in [1.29, 1.82) is 0 Å². The van der Waals surface area contributed by atoms with Gasteiger partial charge in [-0.2, -0.15) is 0 Å². The second-order valence-electron chi connectivity index (χ2n) is 6.88. The number of methoxy groups -OCH3 is 1. The molecule has 6 heteroatoms. The van der Waals surface area contributed by atoms with Crippen molar-refractivity contribution >= 4 is 17.5 Å². The van der Waals surface area contributed by atoms with Crippen LogP contribution in [0.4, 0.5) is 0 Å². The van der Waals surface area contributed by atoms with Gasteiger partial charge in [-0.3, -0.25) is 4.79 Å². The first-order valence-electron chi connectivity index (χ1n) is 9.08. The molecule has 0 saturated carbocycles. The van der Waals surface area contributed by atoms with Gasteiger partial charge in [-0.25, -0.2) is 0 Å². The molecule has 1 atom stereocenters. The van der Waals surface area contributed by atoms with E-state index in [1.165, 1.54) is 0 Å². The largest absolute Gasteiger partial charge is 0.490 e. The third kappa shape index (κ3) is 5.09. The summed E-state index contributed by atoms with van der Waals surface area (Å²) in [6, 6.07) is 7.47. The molecule has 0 aromatic heterocycles. The molecule has 0 N–H and O–H groups in total. The van der Waals surface area contributed by atoms with E-state index in [0.29, 0.717) is 10.9 Å². The van der Waals surface area contributed by atoms with Gasteiger partial charge in [0.1, 0.15) is 11.9 Å². The van der Waals surface area contributed by atoms with Crippen molar-refractivity contribution in [3.05, 3.63) is 29.3 Å². The summed E-state index contributed by atoms with van der Waals surface area (Å²) in [7, 11) is 1.72. The maximum absolute atomic E-state index is 12.7. The summed E-state index contributed by atoms with van der Waals surface area (Å²) in [6.07, 6.45) is 2.90. The van der Waals surface area contributed by atoms with Crippen LogP contribution in [0.1, 0.15) is 19.3 Å². The fourth-order valence-corrected chi connectivity index (χ4v) is 3.74. The highest BCUT2D eigenvalue weighted by atomic mass is 35.5. The summed E-state index contributed by atoms with van der Waals surface area (Å²) in [6.45, 7) is 5.07. The van der Waals surface area contributed by atoms with E-state index in [0.717, 1.165) is 64.3 Å². The fourth-order valence-electron chi connectivity index (χ4n) is 3.62. The molecule has 2 aliphatic heterocycles. The summed E-state index contributed by atoms with van der Waals surface area (Å²) >= 11 is 5.90. The normalized spacial score (nSPS) is 22.3. The van der Waals surface area contributed by atoms with Crippen LogP contribution in [0.25, 0.3) is 0 Å². The maximum atomic E-state index is 12.7. The number of halogens is 1. The molecule has 5 nitrogen and oxygen atoms in total. The zero-order valence-electron chi connectivity index (χ0n) is 14.8. The Morgan fingerprint density at radius 3 is 2.56 bits per heavy atom. The highest BCUT2D eigenvalue weighted by Crippen LogP contribution is 2.24. The Kier molecular flexibility index (Phi) is 6.57. The predicted octanol–water partition coefficient (Wildman–Crippen LogP) is 2.68. The Labute approximate surface area is 154 Å².